The third-order valence-electron chi connectivity index (χ3n) is 3.36. The van der Waals surface area contributed by atoms with E-state index in [2.05, 4.69) is 6.07 Å². The molecule has 1 aliphatic heterocycles. The van der Waals surface area contributed by atoms with Crippen LogP contribution in [0.25, 0.3) is 0 Å². The van der Waals surface area contributed by atoms with E-state index >= 15 is 0 Å². The molecule has 1 aromatic carbocycles. The number of rotatable bonds is 1. The van der Waals surface area contributed by atoms with E-state index in [0.717, 1.165) is 12.1 Å². The first-order valence-corrected chi connectivity index (χ1v) is 5.25. The Morgan fingerprint density at radius 1 is 1.21 bits per heavy atom. The van der Waals surface area contributed by atoms with Gasteiger partial charge in [-0.15, -0.1) is 0 Å². The lowest BCUT2D eigenvalue weighted by Gasteiger charge is -2.34. The van der Waals surface area contributed by atoms with Crippen LogP contribution in [-0.2, 0) is 6.54 Å². The topological polar surface area (TPSA) is 20.3 Å². The summed E-state index contributed by atoms with van der Waals surface area (Å²) in [5.74, 6) is 0.241. The number of carbonyl (C=O) groups is 1. The molecule has 72 valence electrons. The molecule has 1 heterocycles. The second kappa shape index (κ2) is 2.84. The van der Waals surface area contributed by atoms with Crippen LogP contribution in [0.4, 0.5) is 0 Å². The van der Waals surface area contributed by atoms with Crippen LogP contribution in [0.15, 0.2) is 24.3 Å². The Kier molecular flexibility index (Phi) is 1.63. The van der Waals surface area contributed by atoms with Gasteiger partial charge in [0.2, 0.25) is 0 Å². The Morgan fingerprint density at radius 2 is 2.00 bits per heavy atom. The Labute approximate surface area is 83.5 Å². The molecule has 0 saturated heterocycles. The van der Waals surface area contributed by atoms with Crippen LogP contribution in [0, 0.1) is 0 Å². The highest BCUT2D eigenvalue weighted by Crippen LogP contribution is 2.32. The van der Waals surface area contributed by atoms with E-state index in [4.69, 9.17) is 0 Å². The maximum atomic E-state index is 12.0. The maximum absolute atomic E-state index is 12.0. The molecule has 1 saturated carbocycles. The molecular weight excluding hydrogens is 174 g/mol. The lowest BCUT2D eigenvalue weighted by atomic mass is 9.92. The summed E-state index contributed by atoms with van der Waals surface area (Å²) in [5.41, 5.74) is 2.11. The average Bonchev–Trinajstić information content (AvgIpc) is 2.43. The van der Waals surface area contributed by atoms with Crippen molar-refractivity contribution in [1.82, 2.24) is 4.90 Å². The van der Waals surface area contributed by atoms with E-state index in [1.54, 1.807) is 0 Å². The van der Waals surface area contributed by atoms with Crippen molar-refractivity contribution in [3.8, 4) is 0 Å². The average molecular weight is 187 g/mol. The molecule has 14 heavy (non-hydrogen) atoms. The number of benzene rings is 1. The fourth-order valence-electron chi connectivity index (χ4n) is 2.27. The highest BCUT2D eigenvalue weighted by Gasteiger charge is 2.34. The van der Waals surface area contributed by atoms with Gasteiger partial charge in [-0.25, -0.2) is 0 Å². The van der Waals surface area contributed by atoms with E-state index < -0.39 is 0 Å². The minimum Gasteiger partial charge on any atom is -0.331 e. The molecule has 1 aliphatic carbocycles. The highest BCUT2D eigenvalue weighted by molar-refractivity contribution is 5.98. The van der Waals surface area contributed by atoms with E-state index in [0.29, 0.717) is 6.04 Å². The standard InChI is InChI=1S/C12H13NO/c14-12-11-7-2-1-4-9(11)8-13(12)10-5-3-6-10/h1-2,4,7,10H,3,5-6,8H2. The predicted molar refractivity (Wildman–Crippen MR) is 54.0 cm³/mol. The van der Waals surface area contributed by atoms with Gasteiger partial charge in [0.1, 0.15) is 0 Å². The van der Waals surface area contributed by atoms with Crippen molar-refractivity contribution in [2.75, 3.05) is 0 Å². The molecule has 1 fully saturated rings. The number of hydrogen-bond acceptors (Lipinski definition) is 1. The molecule has 0 atom stereocenters. The quantitative estimate of drug-likeness (QED) is 0.660. The lowest BCUT2D eigenvalue weighted by Crippen LogP contribution is -2.40. The summed E-state index contributed by atoms with van der Waals surface area (Å²) in [6.07, 6.45) is 3.67. The summed E-state index contributed by atoms with van der Waals surface area (Å²) >= 11 is 0. The molecule has 0 unspecified atom stereocenters. The van der Waals surface area contributed by atoms with Crippen molar-refractivity contribution in [2.45, 2.75) is 31.8 Å². The maximum Gasteiger partial charge on any atom is 0.254 e. The number of amides is 1. The number of nitrogens with zero attached hydrogens (tertiary/aromatic N) is 1. The minimum absolute atomic E-state index is 0.241. The van der Waals surface area contributed by atoms with Crippen LogP contribution >= 0.6 is 0 Å². The largest absolute Gasteiger partial charge is 0.331 e. The van der Waals surface area contributed by atoms with Crippen molar-refractivity contribution >= 4 is 5.91 Å². The molecule has 2 aliphatic rings. The van der Waals surface area contributed by atoms with Crippen molar-refractivity contribution in [1.29, 1.82) is 0 Å². The first-order valence-electron chi connectivity index (χ1n) is 5.25. The zero-order valence-corrected chi connectivity index (χ0v) is 8.07. The van der Waals surface area contributed by atoms with Gasteiger partial charge in [0.15, 0.2) is 0 Å². The monoisotopic (exact) mass is 187 g/mol. The predicted octanol–water partition coefficient (Wildman–Crippen LogP) is 2.19. The number of carbonyl (C=O) groups excluding carboxylic acids is 1. The SMILES string of the molecule is O=C1c2ccccc2CN1C1CCC1. The van der Waals surface area contributed by atoms with Gasteiger partial charge in [-0.3, -0.25) is 4.79 Å². The van der Waals surface area contributed by atoms with Crippen LogP contribution in [0.5, 0.6) is 0 Å². The smallest absolute Gasteiger partial charge is 0.254 e. The van der Waals surface area contributed by atoms with E-state index in [-0.39, 0.29) is 5.91 Å². The molecule has 1 amide bonds. The normalized spacial score (nSPS) is 20.9. The lowest BCUT2D eigenvalue weighted by molar-refractivity contribution is 0.0606. The van der Waals surface area contributed by atoms with Crippen molar-refractivity contribution in [2.24, 2.45) is 0 Å². The van der Waals surface area contributed by atoms with Crippen LogP contribution < -0.4 is 0 Å². The summed E-state index contributed by atoms with van der Waals surface area (Å²) in [6.45, 7) is 0.833. The highest BCUT2D eigenvalue weighted by atomic mass is 16.2. The fourth-order valence-corrected chi connectivity index (χ4v) is 2.27. The van der Waals surface area contributed by atoms with Gasteiger partial charge in [-0.2, -0.15) is 0 Å². The third kappa shape index (κ3) is 0.999. The van der Waals surface area contributed by atoms with Gasteiger partial charge in [-0.1, -0.05) is 18.2 Å². The zero-order chi connectivity index (χ0) is 9.54. The van der Waals surface area contributed by atoms with Crippen molar-refractivity contribution in [3.63, 3.8) is 0 Å². The molecule has 0 radical (unpaired) electrons. The third-order valence-corrected chi connectivity index (χ3v) is 3.36. The molecule has 2 heteroatoms. The van der Waals surface area contributed by atoms with E-state index in [1.165, 1.54) is 24.8 Å². The molecule has 0 bridgehead atoms. The second-order valence-corrected chi connectivity index (χ2v) is 4.17. The molecule has 1 aromatic rings. The number of fused-ring (bicyclic) bond motifs is 1. The van der Waals surface area contributed by atoms with E-state index in [9.17, 15) is 4.79 Å². The van der Waals surface area contributed by atoms with Crippen LogP contribution in [0.2, 0.25) is 0 Å². The van der Waals surface area contributed by atoms with Crippen LogP contribution in [0.1, 0.15) is 35.2 Å². The van der Waals surface area contributed by atoms with Crippen LogP contribution in [0.3, 0.4) is 0 Å². The summed E-state index contributed by atoms with van der Waals surface area (Å²) in [5, 5.41) is 0. The van der Waals surface area contributed by atoms with Crippen LogP contribution in [-0.4, -0.2) is 16.8 Å². The van der Waals surface area contributed by atoms with Gasteiger partial charge < -0.3 is 4.90 Å². The molecular formula is C12H13NO. The molecule has 2 nitrogen and oxygen atoms in total. The Morgan fingerprint density at radius 3 is 2.64 bits per heavy atom. The molecule has 0 aromatic heterocycles. The first kappa shape index (κ1) is 8.04. The Bertz CT molecular complexity index is 382. The van der Waals surface area contributed by atoms with Gasteiger partial charge in [0.05, 0.1) is 0 Å². The van der Waals surface area contributed by atoms with Gasteiger partial charge in [0, 0.05) is 18.2 Å². The second-order valence-electron chi connectivity index (χ2n) is 4.17. The van der Waals surface area contributed by atoms with E-state index in [1.807, 2.05) is 23.1 Å². The fraction of sp³-hybridized carbons (Fsp3) is 0.417. The summed E-state index contributed by atoms with van der Waals surface area (Å²) in [4.78, 5) is 14.0. The van der Waals surface area contributed by atoms with Crippen molar-refractivity contribution < 1.29 is 4.79 Å². The minimum atomic E-state index is 0.241. The number of hydrogen-bond donors (Lipinski definition) is 0. The summed E-state index contributed by atoms with van der Waals surface area (Å²) in [6, 6.07) is 8.48. The van der Waals surface area contributed by atoms with Crippen molar-refractivity contribution in [3.05, 3.63) is 35.4 Å². The summed E-state index contributed by atoms with van der Waals surface area (Å²) in [7, 11) is 0. The molecule has 0 spiro atoms. The zero-order valence-electron chi connectivity index (χ0n) is 8.07. The van der Waals surface area contributed by atoms with Gasteiger partial charge in [-0.05, 0) is 30.9 Å². The van der Waals surface area contributed by atoms with Gasteiger partial charge in [0.25, 0.3) is 5.91 Å². The Hall–Kier alpha value is -1.31. The summed E-state index contributed by atoms with van der Waals surface area (Å²) < 4.78 is 0. The molecule has 0 N–H and O–H groups in total. The Balaban J connectivity index is 1.93. The molecule has 3 rings (SSSR count). The first-order chi connectivity index (χ1) is 6.86. The van der Waals surface area contributed by atoms with Gasteiger partial charge >= 0.3 is 0 Å².